The normalized spacial score (nSPS) is 11.1. The lowest BCUT2D eigenvalue weighted by Gasteiger charge is -2.11. The number of carbonyl (C=O) groups is 1. The average Bonchev–Trinajstić information content (AvgIpc) is 2.65. The lowest BCUT2D eigenvalue weighted by Crippen LogP contribution is -2.12. The fourth-order valence-electron chi connectivity index (χ4n) is 2.62. The molecule has 0 heterocycles. The number of rotatable bonds is 5. The first-order valence-corrected chi connectivity index (χ1v) is 7.79. The van der Waals surface area contributed by atoms with Gasteiger partial charge in [0, 0.05) is 5.56 Å². The molecule has 0 radical (unpaired) electrons. The van der Waals surface area contributed by atoms with Gasteiger partial charge in [0.15, 0.2) is 0 Å². The highest BCUT2D eigenvalue weighted by Crippen LogP contribution is 2.24. The molecule has 122 valence electrons. The third kappa shape index (κ3) is 3.67. The number of benzene rings is 3. The summed E-state index contributed by atoms with van der Waals surface area (Å²) in [5, 5.41) is 11.3. The van der Waals surface area contributed by atoms with E-state index in [9.17, 15) is 4.79 Å². The predicted molar refractivity (Wildman–Crippen MR) is 97.5 cm³/mol. The van der Waals surface area contributed by atoms with Crippen LogP contribution >= 0.6 is 0 Å². The zero-order chi connectivity index (χ0) is 17.6. The van der Waals surface area contributed by atoms with Gasteiger partial charge in [0.1, 0.15) is 24.0 Å². The van der Waals surface area contributed by atoms with Crippen LogP contribution in [0.3, 0.4) is 0 Å². The molecule has 0 spiro atoms. The number of hydrogen-bond acceptors (Lipinski definition) is 3. The van der Waals surface area contributed by atoms with Crippen LogP contribution in [0.15, 0.2) is 72.3 Å². The zero-order valence-corrected chi connectivity index (χ0v) is 13.5. The third-order valence-corrected chi connectivity index (χ3v) is 3.87. The lowest BCUT2D eigenvalue weighted by atomic mass is 10.1. The molecule has 3 aromatic rings. The maximum absolute atomic E-state index is 11.3. The van der Waals surface area contributed by atoms with E-state index < -0.39 is 5.91 Å². The minimum absolute atomic E-state index is 0.110. The Hall–Kier alpha value is -3.58. The van der Waals surface area contributed by atoms with E-state index in [2.05, 4.69) is 18.2 Å². The Bertz CT molecular complexity index is 995. The van der Waals surface area contributed by atoms with Crippen molar-refractivity contribution in [3.05, 3.63) is 83.4 Å². The first-order valence-electron chi connectivity index (χ1n) is 7.79. The summed E-state index contributed by atoms with van der Waals surface area (Å²) in [5.41, 5.74) is 6.79. The monoisotopic (exact) mass is 328 g/mol. The summed E-state index contributed by atoms with van der Waals surface area (Å²) >= 11 is 0. The van der Waals surface area contributed by atoms with Crippen molar-refractivity contribution in [2.75, 3.05) is 0 Å². The van der Waals surface area contributed by atoms with E-state index in [0.717, 1.165) is 16.3 Å². The summed E-state index contributed by atoms with van der Waals surface area (Å²) in [6, 6.07) is 23.2. The summed E-state index contributed by atoms with van der Waals surface area (Å²) in [4.78, 5) is 11.3. The summed E-state index contributed by atoms with van der Waals surface area (Å²) in [6.07, 6.45) is 1.45. The van der Waals surface area contributed by atoms with Gasteiger partial charge in [-0.3, -0.25) is 4.79 Å². The second kappa shape index (κ2) is 7.33. The molecule has 0 aliphatic heterocycles. The van der Waals surface area contributed by atoms with E-state index >= 15 is 0 Å². The number of carbonyl (C=O) groups excluding carboxylic acids is 1. The van der Waals surface area contributed by atoms with Crippen molar-refractivity contribution < 1.29 is 9.53 Å². The molecule has 4 nitrogen and oxygen atoms in total. The SMILES string of the molecule is N#CC(=Cc1ccccc1OCc1cccc2ccccc12)C(N)=O. The fraction of sp³-hybridized carbons (Fsp3) is 0.0476. The van der Waals surface area contributed by atoms with Crippen molar-refractivity contribution in [3.63, 3.8) is 0 Å². The molecule has 0 unspecified atom stereocenters. The molecule has 25 heavy (non-hydrogen) atoms. The fourth-order valence-corrected chi connectivity index (χ4v) is 2.62. The average molecular weight is 328 g/mol. The van der Waals surface area contributed by atoms with Crippen LogP contribution in [0, 0.1) is 11.3 Å². The number of primary amides is 1. The number of nitriles is 1. The highest BCUT2D eigenvalue weighted by Gasteiger charge is 2.08. The van der Waals surface area contributed by atoms with Crippen LogP contribution in [0.25, 0.3) is 16.8 Å². The summed E-state index contributed by atoms with van der Waals surface area (Å²) < 4.78 is 5.95. The van der Waals surface area contributed by atoms with Gasteiger partial charge in [0.2, 0.25) is 0 Å². The Morgan fingerprint density at radius 1 is 1.04 bits per heavy atom. The van der Waals surface area contributed by atoms with Crippen LogP contribution in [0.1, 0.15) is 11.1 Å². The molecule has 1 amide bonds. The summed E-state index contributed by atoms with van der Waals surface area (Å²) in [7, 11) is 0. The van der Waals surface area contributed by atoms with Crippen molar-refractivity contribution >= 4 is 22.8 Å². The quantitative estimate of drug-likeness (QED) is 0.571. The summed E-state index contributed by atoms with van der Waals surface area (Å²) in [5.74, 6) is -0.171. The maximum atomic E-state index is 11.3. The topological polar surface area (TPSA) is 76.1 Å². The Kier molecular flexibility index (Phi) is 4.77. The highest BCUT2D eigenvalue weighted by atomic mass is 16.5. The number of amides is 1. The molecule has 0 aliphatic rings. The number of nitrogens with zero attached hydrogens (tertiary/aromatic N) is 1. The number of nitrogens with two attached hydrogens (primary N) is 1. The molecule has 2 N–H and O–H groups in total. The molecule has 4 heteroatoms. The molecule has 0 atom stereocenters. The Morgan fingerprint density at radius 2 is 1.76 bits per heavy atom. The van der Waals surface area contributed by atoms with E-state index in [1.165, 1.54) is 6.08 Å². The van der Waals surface area contributed by atoms with Crippen LogP contribution < -0.4 is 10.5 Å². The van der Waals surface area contributed by atoms with Gasteiger partial charge in [-0.15, -0.1) is 0 Å². The smallest absolute Gasteiger partial charge is 0.259 e. The van der Waals surface area contributed by atoms with Gasteiger partial charge in [0.05, 0.1) is 0 Å². The van der Waals surface area contributed by atoms with Gasteiger partial charge in [-0.25, -0.2) is 0 Å². The Labute approximate surface area is 145 Å². The van der Waals surface area contributed by atoms with Gasteiger partial charge >= 0.3 is 0 Å². The van der Waals surface area contributed by atoms with E-state index in [1.807, 2.05) is 36.4 Å². The van der Waals surface area contributed by atoms with Gasteiger partial charge in [-0.2, -0.15) is 5.26 Å². The molecule has 0 fully saturated rings. The van der Waals surface area contributed by atoms with Crippen LogP contribution in [0.4, 0.5) is 0 Å². The van der Waals surface area contributed by atoms with E-state index in [0.29, 0.717) is 17.9 Å². The van der Waals surface area contributed by atoms with Crippen molar-refractivity contribution in [1.29, 1.82) is 5.26 Å². The van der Waals surface area contributed by atoms with Crippen molar-refractivity contribution in [3.8, 4) is 11.8 Å². The lowest BCUT2D eigenvalue weighted by molar-refractivity contribution is -0.114. The molecule has 0 aromatic heterocycles. The molecule has 0 bridgehead atoms. The number of ether oxygens (including phenoxy) is 1. The highest BCUT2D eigenvalue weighted by molar-refractivity contribution is 6.00. The van der Waals surface area contributed by atoms with Crippen molar-refractivity contribution in [1.82, 2.24) is 0 Å². The van der Waals surface area contributed by atoms with E-state index in [-0.39, 0.29) is 5.57 Å². The molecular formula is C21H16N2O2. The third-order valence-electron chi connectivity index (χ3n) is 3.87. The molecule has 3 rings (SSSR count). The molecule has 0 saturated heterocycles. The largest absolute Gasteiger partial charge is 0.488 e. The van der Waals surface area contributed by atoms with E-state index in [1.54, 1.807) is 18.2 Å². The molecule has 3 aromatic carbocycles. The zero-order valence-electron chi connectivity index (χ0n) is 13.5. The second-order valence-corrected chi connectivity index (χ2v) is 5.50. The number of fused-ring (bicyclic) bond motifs is 1. The van der Waals surface area contributed by atoms with Gasteiger partial charge in [-0.05, 0) is 28.5 Å². The van der Waals surface area contributed by atoms with Crippen LogP contribution in [0.5, 0.6) is 5.75 Å². The predicted octanol–water partition coefficient (Wildman–Crippen LogP) is 3.81. The van der Waals surface area contributed by atoms with Crippen molar-refractivity contribution in [2.24, 2.45) is 5.73 Å². The minimum Gasteiger partial charge on any atom is -0.488 e. The van der Waals surface area contributed by atoms with Gasteiger partial charge in [0.25, 0.3) is 5.91 Å². The number of hydrogen-bond donors (Lipinski definition) is 1. The second-order valence-electron chi connectivity index (χ2n) is 5.50. The van der Waals surface area contributed by atoms with E-state index in [4.69, 9.17) is 15.7 Å². The summed E-state index contributed by atoms with van der Waals surface area (Å²) in [6.45, 7) is 0.380. The van der Waals surface area contributed by atoms with Crippen LogP contribution in [-0.2, 0) is 11.4 Å². The molecular weight excluding hydrogens is 312 g/mol. The Morgan fingerprint density at radius 3 is 2.56 bits per heavy atom. The maximum Gasteiger partial charge on any atom is 0.259 e. The van der Waals surface area contributed by atoms with Gasteiger partial charge < -0.3 is 10.5 Å². The first-order chi connectivity index (χ1) is 12.2. The minimum atomic E-state index is -0.758. The number of para-hydroxylation sites is 1. The van der Waals surface area contributed by atoms with Crippen LogP contribution in [-0.4, -0.2) is 5.91 Å². The molecule has 0 saturated carbocycles. The van der Waals surface area contributed by atoms with Gasteiger partial charge in [-0.1, -0.05) is 60.7 Å². The molecule has 0 aliphatic carbocycles. The van der Waals surface area contributed by atoms with Crippen LogP contribution in [0.2, 0.25) is 0 Å². The van der Waals surface area contributed by atoms with Crippen molar-refractivity contribution in [2.45, 2.75) is 6.61 Å². The Balaban J connectivity index is 1.89. The first kappa shape index (κ1) is 16.3. The standard InChI is InChI=1S/C21H16N2O2/c22-13-18(21(23)24)12-16-7-2-4-11-20(16)25-14-17-9-5-8-15-6-1-3-10-19(15)17/h1-12H,14H2,(H2,23,24).